The molecule has 0 amide bonds. The van der Waals surface area contributed by atoms with Crippen LogP contribution in [0.2, 0.25) is 0 Å². The zero-order chi connectivity index (χ0) is 7.98. The molecule has 0 unspecified atom stereocenters. The lowest BCUT2D eigenvalue weighted by Gasteiger charge is -2.03. The molecule has 0 rings (SSSR count). The Morgan fingerprint density at radius 3 is 2.70 bits per heavy atom. The van der Waals surface area contributed by atoms with Crippen LogP contribution in [-0.4, -0.2) is 17.4 Å². The first-order valence-corrected chi connectivity index (χ1v) is 3.77. The lowest BCUT2D eigenvalue weighted by molar-refractivity contribution is -0.148. The van der Waals surface area contributed by atoms with Crippen molar-refractivity contribution in [2.75, 3.05) is 6.54 Å². The van der Waals surface area contributed by atoms with E-state index in [9.17, 15) is 4.79 Å². The van der Waals surface area contributed by atoms with E-state index in [2.05, 4.69) is 10.3 Å². The Morgan fingerprint density at radius 2 is 2.30 bits per heavy atom. The molecule has 0 aromatic carbocycles. The van der Waals surface area contributed by atoms with Crippen molar-refractivity contribution in [2.24, 2.45) is 0 Å². The lowest BCUT2D eigenvalue weighted by Crippen LogP contribution is -2.24. The molecule has 0 aromatic heterocycles. The van der Waals surface area contributed by atoms with Gasteiger partial charge in [0.05, 0.1) is 0 Å². The first kappa shape index (κ1) is 10.0. The van der Waals surface area contributed by atoms with Gasteiger partial charge < -0.3 is 4.84 Å². The van der Waals surface area contributed by atoms with Crippen molar-refractivity contribution in [3.05, 3.63) is 0 Å². The Morgan fingerprint density at radius 1 is 1.70 bits per heavy atom. The van der Waals surface area contributed by atoms with E-state index in [0.29, 0.717) is 6.54 Å². The lowest BCUT2D eigenvalue weighted by atomic mass is 10.5. The van der Waals surface area contributed by atoms with Crippen LogP contribution < -0.4 is 5.48 Å². The second-order valence-electron chi connectivity index (χ2n) is 1.62. The fraction of sp³-hybridized carbons (Fsp3) is 0.800. The molecule has 10 heavy (non-hydrogen) atoms. The number of hydrogen-bond acceptors (Lipinski definition) is 3. The number of nitrogens with one attached hydrogen (secondary N) is 1. The second-order valence-corrected chi connectivity index (χ2v) is 2.71. The predicted octanol–water partition coefficient (Wildman–Crippen LogP) is 1.25. The van der Waals surface area contributed by atoms with Crippen molar-refractivity contribution in [2.45, 2.75) is 18.2 Å². The Balaban J connectivity index is 3.22. The van der Waals surface area contributed by atoms with Gasteiger partial charge in [-0.15, -0.1) is 0 Å². The van der Waals surface area contributed by atoms with E-state index in [4.69, 9.17) is 23.2 Å². The summed E-state index contributed by atoms with van der Waals surface area (Å²) in [6.07, 6.45) is 0.877. The smallest absolute Gasteiger partial charge is 0.358 e. The zero-order valence-corrected chi connectivity index (χ0v) is 7.08. The number of carbonyl (C=O) groups is 1. The molecule has 1 N–H and O–H groups in total. The van der Waals surface area contributed by atoms with Crippen molar-refractivity contribution in [3.63, 3.8) is 0 Å². The van der Waals surface area contributed by atoms with Crippen molar-refractivity contribution in [1.29, 1.82) is 0 Å². The van der Waals surface area contributed by atoms with Crippen molar-refractivity contribution >= 4 is 29.2 Å². The summed E-state index contributed by atoms with van der Waals surface area (Å²) in [5, 5.41) is 0. The summed E-state index contributed by atoms with van der Waals surface area (Å²) < 4.78 is 0. The van der Waals surface area contributed by atoms with Gasteiger partial charge in [0.25, 0.3) is 0 Å². The molecule has 0 atom stereocenters. The molecule has 0 aliphatic heterocycles. The van der Waals surface area contributed by atoms with Gasteiger partial charge in [0.1, 0.15) is 0 Å². The summed E-state index contributed by atoms with van der Waals surface area (Å²) in [6, 6.07) is 0. The van der Waals surface area contributed by atoms with E-state index in [1.54, 1.807) is 0 Å². The number of alkyl halides is 2. The maximum atomic E-state index is 10.5. The zero-order valence-electron chi connectivity index (χ0n) is 5.56. The minimum absolute atomic E-state index is 0.603. The Hall–Kier alpha value is 0.01000. The van der Waals surface area contributed by atoms with Gasteiger partial charge in [0.2, 0.25) is 4.84 Å². The van der Waals surface area contributed by atoms with E-state index >= 15 is 0 Å². The molecule has 0 aliphatic carbocycles. The standard InChI is InChI=1S/C5H9Cl2NO2/c1-2-3-8-10-5(9)4(6)7/h4,8H,2-3H2,1H3. The first-order chi connectivity index (χ1) is 4.68. The van der Waals surface area contributed by atoms with Gasteiger partial charge >= 0.3 is 5.97 Å². The molecule has 0 heterocycles. The Kier molecular flexibility index (Phi) is 5.78. The fourth-order valence-electron chi connectivity index (χ4n) is 0.269. The molecule has 0 bridgehead atoms. The molecule has 0 spiro atoms. The average Bonchev–Trinajstić information content (AvgIpc) is 1.88. The largest absolute Gasteiger partial charge is 0.368 e. The second kappa shape index (κ2) is 5.77. The molecule has 0 aromatic rings. The summed E-state index contributed by atoms with van der Waals surface area (Å²) in [4.78, 5) is 13.8. The number of rotatable bonds is 4. The minimum Gasteiger partial charge on any atom is -0.368 e. The summed E-state index contributed by atoms with van der Waals surface area (Å²) in [7, 11) is 0. The third-order valence-corrected chi connectivity index (χ3v) is 1.06. The van der Waals surface area contributed by atoms with Crippen molar-refractivity contribution in [3.8, 4) is 0 Å². The fourth-order valence-corrected chi connectivity index (χ4v) is 0.358. The van der Waals surface area contributed by atoms with E-state index < -0.39 is 10.8 Å². The van der Waals surface area contributed by atoms with Crippen LogP contribution in [0.25, 0.3) is 0 Å². The number of hydroxylamine groups is 1. The van der Waals surface area contributed by atoms with Gasteiger partial charge in [0, 0.05) is 6.54 Å². The molecule has 0 saturated carbocycles. The van der Waals surface area contributed by atoms with E-state index in [-0.39, 0.29) is 0 Å². The summed E-state index contributed by atoms with van der Waals surface area (Å²) in [5.74, 6) is -0.670. The minimum atomic E-state index is -1.11. The molecule has 0 radical (unpaired) electrons. The van der Waals surface area contributed by atoms with Crippen molar-refractivity contribution < 1.29 is 9.63 Å². The molecule has 5 heteroatoms. The van der Waals surface area contributed by atoms with Gasteiger partial charge in [-0.1, -0.05) is 30.1 Å². The number of hydrogen-bond donors (Lipinski definition) is 1. The number of halogens is 2. The molecular formula is C5H9Cl2NO2. The highest BCUT2D eigenvalue weighted by Crippen LogP contribution is 2.01. The summed E-state index contributed by atoms with van der Waals surface area (Å²) in [6.45, 7) is 2.55. The molecule has 3 nitrogen and oxygen atoms in total. The van der Waals surface area contributed by atoms with Gasteiger partial charge in [-0.2, -0.15) is 5.48 Å². The first-order valence-electron chi connectivity index (χ1n) is 2.90. The van der Waals surface area contributed by atoms with Crippen LogP contribution in [0, 0.1) is 0 Å². The molecule has 0 saturated heterocycles. The third-order valence-electron chi connectivity index (χ3n) is 0.703. The Bertz CT molecular complexity index is 108. The highest BCUT2D eigenvalue weighted by atomic mass is 35.5. The van der Waals surface area contributed by atoms with Gasteiger partial charge in [-0.25, -0.2) is 4.79 Å². The van der Waals surface area contributed by atoms with E-state index in [1.165, 1.54) is 0 Å². The molecular weight excluding hydrogens is 177 g/mol. The topological polar surface area (TPSA) is 38.3 Å². The van der Waals surface area contributed by atoms with Crippen LogP contribution in [0.3, 0.4) is 0 Å². The van der Waals surface area contributed by atoms with Crippen LogP contribution >= 0.6 is 23.2 Å². The SMILES string of the molecule is CCCNOC(=O)C(Cl)Cl. The summed E-state index contributed by atoms with van der Waals surface area (Å²) >= 11 is 10.3. The van der Waals surface area contributed by atoms with Crippen molar-refractivity contribution in [1.82, 2.24) is 5.48 Å². The molecule has 60 valence electrons. The van der Waals surface area contributed by atoms with Crippen LogP contribution in [0.15, 0.2) is 0 Å². The molecule has 0 fully saturated rings. The highest BCUT2D eigenvalue weighted by Gasteiger charge is 2.12. The van der Waals surface area contributed by atoms with Gasteiger partial charge in [-0.05, 0) is 6.42 Å². The quantitative estimate of drug-likeness (QED) is 0.408. The Labute approximate surface area is 69.6 Å². The van der Waals surface area contributed by atoms with Crippen LogP contribution in [0.5, 0.6) is 0 Å². The van der Waals surface area contributed by atoms with Crippen LogP contribution in [-0.2, 0) is 9.63 Å². The third kappa shape index (κ3) is 4.85. The van der Waals surface area contributed by atoms with Crippen LogP contribution in [0.4, 0.5) is 0 Å². The normalized spacial score (nSPS) is 10.0. The van der Waals surface area contributed by atoms with Crippen LogP contribution in [0.1, 0.15) is 13.3 Å². The molecule has 0 aliphatic rings. The van der Waals surface area contributed by atoms with E-state index in [1.807, 2.05) is 6.92 Å². The van der Waals surface area contributed by atoms with Gasteiger partial charge in [-0.3, -0.25) is 0 Å². The van der Waals surface area contributed by atoms with Gasteiger partial charge in [0.15, 0.2) is 0 Å². The average molecular weight is 186 g/mol. The maximum absolute atomic E-state index is 10.5. The van der Waals surface area contributed by atoms with E-state index in [0.717, 1.165) is 6.42 Å². The predicted molar refractivity (Wildman–Crippen MR) is 39.9 cm³/mol. The number of carbonyl (C=O) groups excluding carboxylic acids is 1. The highest BCUT2D eigenvalue weighted by molar-refractivity contribution is 6.52. The monoisotopic (exact) mass is 185 g/mol. The maximum Gasteiger partial charge on any atom is 0.358 e. The summed E-state index contributed by atoms with van der Waals surface area (Å²) in [5.41, 5.74) is 2.40.